The van der Waals surface area contributed by atoms with Crippen molar-refractivity contribution in [2.75, 3.05) is 0 Å². The van der Waals surface area contributed by atoms with Crippen molar-refractivity contribution in [1.29, 1.82) is 0 Å². The van der Waals surface area contributed by atoms with Gasteiger partial charge in [0, 0.05) is 22.8 Å². The van der Waals surface area contributed by atoms with Crippen LogP contribution in [0.1, 0.15) is 11.1 Å². The third-order valence-electron chi connectivity index (χ3n) is 2.22. The van der Waals surface area contributed by atoms with Crippen molar-refractivity contribution in [1.82, 2.24) is 9.78 Å². The van der Waals surface area contributed by atoms with E-state index in [-0.39, 0.29) is 0 Å². The molecule has 1 aromatic heterocycles. The van der Waals surface area contributed by atoms with Crippen molar-refractivity contribution in [3.05, 3.63) is 46.2 Å². The molecule has 2 N–H and O–H groups in total. The second-order valence-corrected chi connectivity index (χ2v) is 4.31. The van der Waals surface area contributed by atoms with E-state index in [1.54, 1.807) is 6.20 Å². The maximum atomic E-state index is 5.54. The minimum absolute atomic E-state index is 0.517. The minimum atomic E-state index is 0.517. The molecule has 78 valence electrons. The second kappa shape index (κ2) is 4.16. The third-order valence-corrected chi connectivity index (χ3v) is 2.86. The number of hydrogen-bond donors (Lipinski definition) is 1. The Bertz CT molecular complexity index is 476. The Morgan fingerprint density at radius 1 is 1.47 bits per heavy atom. The average Bonchev–Trinajstić information content (AvgIpc) is 2.66. The van der Waals surface area contributed by atoms with E-state index in [1.165, 1.54) is 5.56 Å². The van der Waals surface area contributed by atoms with Crippen molar-refractivity contribution in [2.24, 2.45) is 5.73 Å². The molecule has 0 fully saturated rings. The largest absolute Gasteiger partial charge is 0.326 e. The highest BCUT2D eigenvalue weighted by Crippen LogP contribution is 2.21. The maximum absolute atomic E-state index is 5.54. The quantitative estimate of drug-likeness (QED) is 0.907. The molecule has 0 unspecified atom stereocenters. The highest BCUT2D eigenvalue weighted by Gasteiger charge is 2.03. The van der Waals surface area contributed by atoms with Gasteiger partial charge in [0.05, 0.1) is 11.9 Å². The van der Waals surface area contributed by atoms with Crippen molar-refractivity contribution in [3.63, 3.8) is 0 Å². The van der Waals surface area contributed by atoms with Crippen LogP contribution < -0.4 is 5.73 Å². The molecule has 2 rings (SSSR count). The molecule has 0 saturated carbocycles. The molecule has 0 aliphatic carbocycles. The lowest BCUT2D eigenvalue weighted by molar-refractivity contribution is 0.874. The number of halogens is 1. The third kappa shape index (κ3) is 2.11. The maximum Gasteiger partial charge on any atom is 0.0787 e. The van der Waals surface area contributed by atoms with E-state index in [4.69, 9.17) is 5.73 Å². The first-order valence-corrected chi connectivity index (χ1v) is 5.50. The van der Waals surface area contributed by atoms with Crippen LogP contribution in [0.2, 0.25) is 0 Å². The Morgan fingerprint density at radius 3 is 2.87 bits per heavy atom. The minimum Gasteiger partial charge on any atom is -0.326 e. The summed E-state index contributed by atoms with van der Waals surface area (Å²) in [6.07, 6.45) is 3.72. The first-order valence-electron chi connectivity index (χ1n) is 4.71. The van der Waals surface area contributed by atoms with Gasteiger partial charge < -0.3 is 5.73 Å². The van der Waals surface area contributed by atoms with Gasteiger partial charge in [-0.3, -0.25) is 0 Å². The zero-order valence-corrected chi connectivity index (χ0v) is 10.0. The normalized spacial score (nSPS) is 10.6. The number of nitrogens with two attached hydrogens (primary N) is 1. The van der Waals surface area contributed by atoms with E-state index in [0.29, 0.717) is 6.54 Å². The molecule has 0 aliphatic heterocycles. The van der Waals surface area contributed by atoms with Gasteiger partial charge in [0.2, 0.25) is 0 Å². The van der Waals surface area contributed by atoms with Gasteiger partial charge in [-0.25, -0.2) is 4.68 Å². The number of rotatable bonds is 2. The summed E-state index contributed by atoms with van der Waals surface area (Å²) in [7, 11) is 0. The molecule has 0 bridgehead atoms. The van der Waals surface area contributed by atoms with Gasteiger partial charge in [-0.05, 0) is 40.5 Å². The molecule has 0 amide bonds. The van der Waals surface area contributed by atoms with Crippen molar-refractivity contribution < 1.29 is 0 Å². The van der Waals surface area contributed by atoms with Crippen LogP contribution in [0.3, 0.4) is 0 Å². The van der Waals surface area contributed by atoms with E-state index in [9.17, 15) is 0 Å². The molecule has 3 nitrogen and oxygen atoms in total. The van der Waals surface area contributed by atoms with Gasteiger partial charge in [0.1, 0.15) is 0 Å². The number of benzene rings is 1. The summed E-state index contributed by atoms with van der Waals surface area (Å²) in [4.78, 5) is 0. The molecular formula is C11H12BrN3. The highest BCUT2D eigenvalue weighted by molar-refractivity contribution is 9.10. The van der Waals surface area contributed by atoms with Crippen LogP contribution in [0.4, 0.5) is 0 Å². The van der Waals surface area contributed by atoms with E-state index in [1.807, 2.05) is 16.9 Å². The topological polar surface area (TPSA) is 43.8 Å². The smallest absolute Gasteiger partial charge is 0.0787 e. The standard InChI is InChI=1S/C11H12BrN3/c1-8-2-3-11(10(12)4-8)15-7-9(5-13)6-14-15/h2-4,6-7H,5,13H2,1H3. The SMILES string of the molecule is Cc1ccc(-n2cc(CN)cn2)c(Br)c1. The summed E-state index contributed by atoms with van der Waals surface area (Å²) in [5.74, 6) is 0. The number of aromatic nitrogens is 2. The molecule has 2 aromatic rings. The van der Waals surface area contributed by atoms with Gasteiger partial charge in [-0.2, -0.15) is 5.10 Å². The van der Waals surface area contributed by atoms with Crippen molar-refractivity contribution in [2.45, 2.75) is 13.5 Å². The van der Waals surface area contributed by atoms with Crippen molar-refractivity contribution >= 4 is 15.9 Å². The molecule has 0 saturated heterocycles. The second-order valence-electron chi connectivity index (χ2n) is 3.45. The van der Waals surface area contributed by atoms with Gasteiger partial charge in [-0.1, -0.05) is 6.07 Å². The molecule has 1 heterocycles. The zero-order valence-electron chi connectivity index (χ0n) is 8.44. The lowest BCUT2D eigenvalue weighted by Gasteiger charge is -2.04. The Hall–Kier alpha value is -1.13. The Balaban J connectivity index is 2.44. The fourth-order valence-corrected chi connectivity index (χ4v) is 2.07. The summed E-state index contributed by atoms with van der Waals surface area (Å²) in [6, 6.07) is 6.16. The fourth-order valence-electron chi connectivity index (χ4n) is 1.39. The van der Waals surface area contributed by atoms with Crippen LogP contribution in [0.15, 0.2) is 35.1 Å². The lowest BCUT2D eigenvalue weighted by Crippen LogP contribution is -1.96. The molecule has 0 atom stereocenters. The number of aryl methyl sites for hydroxylation is 1. The van der Waals surface area contributed by atoms with Gasteiger partial charge in [0.25, 0.3) is 0 Å². The lowest BCUT2D eigenvalue weighted by atomic mass is 10.2. The summed E-state index contributed by atoms with van der Waals surface area (Å²) in [5.41, 5.74) is 8.82. The van der Waals surface area contributed by atoms with Crippen LogP contribution in [-0.4, -0.2) is 9.78 Å². The van der Waals surface area contributed by atoms with Crippen LogP contribution in [-0.2, 0) is 6.54 Å². The van der Waals surface area contributed by atoms with Crippen LogP contribution in [0.25, 0.3) is 5.69 Å². The predicted octanol–water partition coefficient (Wildman–Crippen LogP) is 2.40. The zero-order chi connectivity index (χ0) is 10.8. The fraction of sp³-hybridized carbons (Fsp3) is 0.182. The summed E-state index contributed by atoms with van der Waals surface area (Å²) in [5, 5.41) is 4.25. The first kappa shape index (κ1) is 10.4. The molecular weight excluding hydrogens is 254 g/mol. The van der Waals surface area contributed by atoms with Crippen LogP contribution >= 0.6 is 15.9 Å². The molecule has 0 spiro atoms. The van der Waals surface area contributed by atoms with Gasteiger partial charge >= 0.3 is 0 Å². The number of nitrogens with zero attached hydrogens (tertiary/aromatic N) is 2. The number of hydrogen-bond acceptors (Lipinski definition) is 2. The van der Waals surface area contributed by atoms with E-state index in [2.05, 4.69) is 40.1 Å². The Morgan fingerprint density at radius 2 is 2.27 bits per heavy atom. The van der Waals surface area contributed by atoms with E-state index < -0.39 is 0 Å². The Labute approximate surface area is 97.0 Å². The summed E-state index contributed by atoms with van der Waals surface area (Å²) >= 11 is 3.52. The molecule has 4 heteroatoms. The molecule has 0 aliphatic rings. The molecule has 15 heavy (non-hydrogen) atoms. The van der Waals surface area contributed by atoms with Gasteiger partial charge in [-0.15, -0.1) is 0 Å². The predicted molar refractivity (Wildman–Crippen MR) is 63.9 cm³/mol. The first-order chi connectivity index (χ1) is 7.20. The van der Waals surface area contributed by atoms with E-state index in [0.717, 1.165) is 15.7 Å². The molecule has 1 aromatic carbocycles. The van der Waals surface area contributed by atoms with Crippen molar-refractivity contribution in [3.8, 4) is 5.69 Å². The Kier molecular flexibility index (Phi) is 2.88. The highest BCUT2D eigenvalue weighted by atomic mass is 79.9. The van der Waals surface area contributed by atoms with Crippen LogP contribution in [0.5, 0.6) is 0 Å². The van der Waals surface area contributed by atoms with Crippen LogP contribution in [0, 0.1) is 6.92 Å². The summed E-state index contributed by atoms with van der Waals surface area (Å²) < 4.78 is 2.86. The van der Waals surface area contributed by atoms with Gasteiger partial charge in [0.15, 0.2) is 0 Å². The monoisotopic (exact) mass is 265 g/mol. The average molecular weight is 266 g/mol. The molecule has 0 radical (unpaired) electrons. The van der Waals surface area contributed by atoms with E-state index >= 15 is 0 Å². The summed E-state index contributed by atoms with van der Waals surface area (Å²) in [6.45, 7) is 2.58.